The lowest BCUT2D eigenvalue weighted by molar-refractivity contribution is 0.0785. The van der Waals surface area contributed by atoms with Crippen molar-refractivity contribution < 1.29 is 19.5 Å². The van der Waals surface area contributed by atoms with E-state index in [1.807, 2.05) is 0 Å². The highest BCUT2D eigenvalue weighted by Gasteiger charge is 2.16. The maximum atomic E-state index is 13.1. The predicted octanol–water partition coefficient (Wildman–Crippen LogP) is 1.98. The molecule has 34 heavy (non-hydrogen) atoms. The second-order valence-corrected chi connectivity index (χ2v) is 7.69. The van der Waals surface area contributed by atoms with E-state index in [4.69, 9.17) is 26.0 Å². The Bertz CT molecular complexity index is 1350. The van der Waals surface area contributed by atoms with E-state index >= 15 is 0 Å². The van der Waals surface area contributed by atoms with Gasteiger partial charge in [0.15, 0.2) is 0 Å². The van der Waals surface area contributed by atoms with Crippen LogP contribution in [0.15, 0.2) is 75.0 Å². The van der Waals surface area contributed by atoms with Gasteiger partial charge in [0, 0.05) is 16.8 Å². The van der Waals surface area contributed by atoms with Crippen molar-refractivity contribution in [3.8, 4) is 11.6 Å². The van der Waals surface area contributed by atoms with Crippen LogP contribution in [0.4, 0.5) is 11.6 Å². The Labute approximate surface area is 197 Å². The molecule has 0 fully saturated rings. The third-order valence-corrected chi connectivity index (χ3v) is 5.01. The van der Waals surface area contributed by atoms with Crippen LogP contribution >= 0.6 is 11.6 Å². The summed E-state index contributed by atoms with van der Waals surface area (Å²) < 4.78 is 12.3. The summed E-state index contributed by atoms with van der Waals surface area (Å²) >= 11 is 5.95. The van der Waals surface area contributed by atoms with Crippen LogP contribution in [0.5, 0.6) is 11.6 Å². The van der Waals surface area contributed by atoms with Crippen LogP contribution in [0, 0.1) is 0 Å². The molecule has 4 aromatic rings. The van der Waals surface area contributed by atoms with Crippen LogP contribution in [-0.4, -0.2) is 42.2 Å². The SMILES string of the molecule is O=c1nc(Nc2ccc(Oc3ccon3)cc2)n(Cc2ccc(Cl)cc2)c(=O)n1CC(O)CO. The summed E-state index contributed by atoms with van der Waals surface area (Å²) in [5.41, 5.74) is -0.285. The molecule has 1 unspecified atom stereocenters. The van der Waals surface area contributed by atoms with Crippen LogP contribution in [0.1, 0.15) is 5.56 Å². The van der Waals surface area contributed by atoms with Gasteiger partial charge in [-0.1, -0.05) is 23.7 Å². The molecule has 0 radical (unpaired) electrons. The third kappa shape index (κ3) is 5.52. The average molecular weight is 486 g/mol. The molecule has 0 bridgehead atoms. The molecular weight excluding hydrogens is 466 g/mol. The number of aromatic nitrogens is 4. The average Bonchev–Trinajstić information content (AvgIpc) is 3.34. The van der Waals surface area contributed by atoms with Crippen LogP contribution in [-0.2, 0) is 13.1 Å². The molecule has 0 aliphatic carbocycles. The van der Waals surface area contributed by atoms with Gasteiger partial charge in [-0.25, -0.2) is 14.2 Å². The van der Waals surface area contributed by atoms with Crippen LogP contribution in [0.3, 0.4) is 0 Å². The summed E-state index contributed by atoms with van der Waals surface area (Å²) in [6, 6.07) is 15.1. The highest BCUT2D eigenvalue weighted by Crippen LogP contribution is 2.23. The van der Waals surface area contributed by atoms with E-state index in [-0.39, 0.29) is 12.5 Å². The minimum Gasteiger partial charge on any atom is -0.436 e. The van der Waals surface area contributed by atoms with Crippen molar-refractivity contribution in [1.82, 2.24) is 19.3 Å². The highest BCUT2D eigenvalue weighted by molar-refractivity contribution is 6.30. The standard InChI is InChI=1S/C22H20ClN5O6/c23-15-3-1-14(2-4-15)11-27-20(25-21(31)28(22(27)32)12-17(30)13-29)24-16-5-7-18(8-6-16)34-19-9-10-33-26-19/h1-10,17,29-30H,11-13H2,(H,24,25,31). The maximum absolute atomic E-state index is 13.1. The summed E-state index contributed by atoms with van der Waals surface area (Å²) in [6.07, 6.45) is 0.103. The van der Waals surface area contributed by atoms with E-state index in [9.17, 15) is 14.7 Å². The summed E-state index contributed by atoms with van der Waals surface area (Å²) in [7, 11) is 0. The fraction of sp³-hybridized carbons (Fsp3) is 0.182. The Hall–Kier alpha value is -3.93. The number of hydrogen-bond donors (Lipinski definition) is 3. The number of hydrogen-bond acceptors (Lipinski definition) is 9. The molecule has 0 saturated carbocycles. The maximum Gasteiger partial charge on any atom is 0.355 e. The molecular formula is C22H20ClN5O6. The molecule has 0 amide bonds. The molecule has 0 spiro atoms. The van der Waals surface area contributed by atoms with Gasteiger partial charge in [-0.2, -0.15) is 4.98 Å². The largest absolute Gasteiger partial charge is 0.436 e. The first-order chi connectivity index (χ1) is 16.4. The molecule has 12 heteroatoms. The van der Waals surface area contributed by atoms with Crippen molar-refractivity contribution in [1.29, 1.82) is 0 Å². The molecule has 2 heterocycles. The molecule has 2 aromatic heterocycles. The van der Waals surface area contributed by atoms with Gasteiger partial charge in [0.2, 0.25) is 5.95 Å². The fourth-order valence-corrected chi connectivity index (χ4v) is 3.20. The summed E-state index contributed by atoms with van der Waals surface area (Å²) in [5, 5.41) is 26.1. The minimum absolute atomic E-state index is 0.00450. The van der Waals surface area contributed by atoms with Crippen molar-refractivity contribution in [2.45, 2.75) is 19.2 Å². The molecule has 1 atom stereocenters. The molecule has 0 saturated heterocycles. The first-order valence-corrected chi connectivity index (χ1v) is 10.5. The number of halogens is 1. The van der Waals surface area contributed by atoms with E-state index < -0.39 is 30.6 Å². The zero-order chi connectivity index (χ0) is 24.1. The Balaban J connectivity index is 1.66. The van der Waals surface area contributed by atoms with E-state index in [1.165, 1.54) is 10.8 Å². The number of aliphatic hydroxyl groups is 2. The number of nitrogens with one attached hydrogen (secondary N) is 1. The lowest BCUT2D eigenvalue weighted by Crippen LogP contribution is -2.45. The normalized spacial score (nSPS) is 11.9. The zero-order valence-electron chi connectivity index (χ0n) is 17.7. The van der Waals surface area contributed by atoms with Crippen molar-refractivity contribution in [2.24, 2.45) is 0 Å². The van der Waals surface area contributed by atoms with Crippen molar-refractivity contribution >= 4 is 23.2 Å². The molecule has 176 valence electrons. The molecule has 3 N–H and O–H groups in total. The first kappa shape index (κ1) is 23.2. The summed E-state index contributed by atoms with van der Waals surface area (Å²) in [6.45, 7) is -0.920. The minimum atomic E-state index is -1.28. The van der Waals surface area contributed by atoms with Crippen molar-refractivity contribution in [3.05, 3.63) is 92.4 Å². The van der Waals surface area contributed by atoms with Gasteiger partial charge >= 0.3 is 11.4 Å². The van der Waals surface area contributed by atoms with Crippen LogP contribution in [0.2, 0.25) is 5.02 Å². The van der Waals surface area contributed by atoms with Gasteiger partial charge in [-0.3, -0.25) is 4.57 Å². The quantitative estimate of drug-likeness (QED) is 0.324. The Kier molecular flexibility index (Phi) is 7.07. The van der Waals surface area contributed by atoms with Gasteiger partial charge in [-0.05, 0) is 47.1 Å². The van der Waals surface area contributed by atoms with Gasteiger partial charge in [0.1, 0.15) is 12.0 Å². The molecule has 0 aliphatic heterocycles. The lowest BCUT2D eigenvalue weighted by atomic mass is 10.2. The second kappa shape index (κ2) is 10.3. The Morgan fingerprint density at radius 1 is 1.06 bits per heavy atom. The number of benzene rings is 2. The monoisotopic (exact) mass is 485 g/mol. The van der Waals surface area contributed by atoms with Crippen molar-refractivity contribution in [3.63, 3.8) is 0 Å². The van der Waals surface area contributed by atoms with E-state index in [0.29, 0.717) is 22.3 Å². The van der Waals surface area contributed by atoms with E-state index in [0.717, 1.165) is 10.1 Å². The number of aliphatic hydroxyl groups excluding tert-OH is 2. The van der Waals surface area contributed by atoms with E-state index in [2.05, 4.69) is 15.5 Å². The smallest absolute Gasteiger partial charge is 0.355 e. The molecule has 2 aromatic carbocycles. The highest BCUT2D eigenvalue weighted by atomic mass is 35.5. The van der Waals surface area contributed by atoms with Crippen LogP contribution < -0.4 is 21.4 Å². The number of ether oxygens (including phenoxy) is 1. The van der Waals surface area contributed by atoms with Crippen LogP contribution in [0.25, 0.3) is 0 Å². The van der Waals surface area contributed by atoms with Gasteiger partial charge in [0.05, 0.1) is 25.8 Å². The van der Waals surface area contributed by atoms with Gasteiger partial charge in [-0.15, -0.1) is 0 Å². The molecule has 4 rings (SSSR count). The lowest BCUT2D eigenvalue weighted by Gasteiger charge is -2.17. The number of rotatable bonds is 9. The number of nitrogens with zero attached hydrogens (tertiary/aromatic N) is 4. The number of anilines is 2. The second-order valence-electron chi connectivity index (χ2n) is 7.25. The fourth-order valence-electron chi connectivity index (χ4n) is 3.07. The van der Waals surface area contributed by atoms with E-state index in [1.54, 1.807) is 54.6 Å². The Morgan fingerprint density at radius 3 is 2.44 bits per heavy atom. The summed E-state index contributed by atoms with van der Waals surface area (Å²) in [4.78, 5) is 29.7. The Morgan fingerprint density at radius 2 is 1.79 bits per heavy atom. The third-order valence-electron chi connectivity index (χ3n) is 4.75. The van der Waals surface area contributed by atoms with Gasteiger partial charge < -0.3 is 24.8 Å². The van der Waals surface area contributed by atoms with Crippen molar-refractivity contribution in [2.75, 3.05) is 11.9 Å². The predicted molar refractivity (Wildman–Crippen MR) is 123 cm³/mol. The molecule has 0 aliphatic rings. The summed E-state index contributed by atoms with van der Waals surface area (Å²) in [5.74, 6) is 0.803. The van der Waals surface area contributed by atoms with Gasteiger partial charge in [0.25, 0.3) is 5.88 Å². The first-order valence-electron chi connectivity index (χ1n) is 10.1. The molecule has 11 nitrogen and oxygen atoms in total. The topological polar surface area (TPSA) is 145 Å². The zero-order valence-corrected chi connectivity index (χ0v) is 18.4.